The predicted molar refractivity (Wildman–Crippen MR) is 156 cm³/mol. The molecule has 6 heteroatoms. The predicted octanol–water partition coefficient (Wildman–Crippen LogP) is 8.02. The van der Waals surface area contributed by atoms with E-state index in [9.17, 15) is 0 Å². The number of fused-ring (bicyclic) bond motifs is 4. The van der Waals surface area contributed by atoms with Gasteiger partial charge in [-0.2, -0.15) is 22.7 Å². The van der Waals surface area contributed by atoms with Crippen molar-refractivity contribution in [1.82, 2.24) is 0 Å². The molecule has 0 aliphatic carbocycles. The number of rotatable bonds is 0. The summed E-state index contributed by atoms with van der Waals surface area (Å²) in [5.41, 5.74) is 9.49. The van der Waals surface area contributed by atoms with Crippen LogP contribution in [0.4, 0.5) is 0 Å². The summed E-state index contributed by atoms with van der Waals surface area (Å²) in [5.74, 6) is 0. The molecule has 0 atom stereocenters. The van der Waals surface area contributed by atoms with E-state index in [1.807, 2.05) is 24.3 Å². The van der Waals surface area contributed by atoms with Crippen molar-refractivity contribution in [3.63, 3.8) is 0 Å². The molecule has 0 radical (unpaired) electrons. The topological polar surface area (TPSA) is 36.9 Å². The van der Waals surface area contributed by atoms with Crippen molar-refractivity contribution in [1.29, 1.82) is 0 Å². The maximum Gasteiger partial charge on any atom is 0.113 e. The first-order chi connectivity index (χ1) is 18.9. The molecular formula is C32H32O4S2. The smallest absolute Gasteiger partial charge is 0.113 e. The third-order valence-electron chi connectivity index (χ3n) is 6.50. The lowest BCUT2D eigenvalue weighted by atomic mass is 10.1. The molecule has 2 aromatic heterocycles. The number of benzene rings is 2. The summed E-state index contributed by atoms with van der Waals surface area (Å²) in [4.78, 5) is 0. The highest BCUT2D eigenvalue weighted by molar-refractivity contribution is 7.08. The van der Waals surface area contributed by atoms with Gasteiger partial charge in [0.2, 0.25) is 0 Å². The van der Waals surface area contributed by atoms with Crippen molar-refractivity contribution in [3.8, 4) is 0 Å². The third-order valence-corrected chi connectivity index (χ3v) is 8.12. The lowest BCUT2D eigenvalue weighted by Gasteiger charge is -2.11. The van der Waals surface area contributed by atoms with E-state index in [0.29, 0.717) is 39.6 Å². The summed E-state index contributed by atoms with van der Waals surface area (Å²) in [7, 11) is 0. The first kappa shape index (κ1) is 26.4. The van der Waals surface area contributed by atoms with Crippen LogP contribution in [0.15, 0.2) is 82.6 Å². The van der Waals surface area contributed by atoms with Crippen LogP contribution >= 0.6 is 22.7 Å². The highest BCUT2D eigenvalue weighted by atomic mass is 32.1. The van der Waals surface area contributed by atoms with Gasteiger partial charge >= 0.3 is 0 Å². The molecular weight excluding hydrogens is 512 g/mol. The van der Waals surface area contributed by atoms with Crippen LogP contribution in [-0.2, 0) is 58.2 Å². The second-order valence-corrected chi connectivity index (χ2v) is 10.6. The van der Waals surface area contributed by atoms with E-state index in [0.717, 1.165) is 24.0 Å². The lowest BCUT2D eigenvalue weighted by molar-refractivity contribution is 0.110. The molecule has 1 aliphatic heterocycles. The van der Waals surface area contributed by atoms with Crippen molar-refractivity contribution in [2.45, 2.75) is 39.3 Å². The first-order valence-corrected chi connectivity index (χ1v) is 14.7. The second-order valence-electron chi connectivity index (χ2n) is 9.07. The summed E-state index contributed by atoms with van der Waals surface area (Å²) in [6.07, 6.45) is 9.37. The van der Waals surface area contributed by atoms with E-state index < -0.39 is 0 Å². The summed E-state index contributed by atoms with van der Waals surface area (Å²) in [6, 6.07) is 16.6. The minimum absolute atomic E-state index is 0.496. The zero-order valence-corrected chi connectivity index (χ0v) is 23.0. The molecule has 0 amide bonds. The summed E-state index contributed by atoms with van der Waals surface area (Å²) in [5, 5.41) is 8.68. The summed E-state index contributed by atoms with van der Waals surface area (Å²) >= 11 is 3.40. The van der Waals surface area contributed by atoms with E-state index in [4.69, 9.17) is 18.9 Å². The van der Waals surface area contributed by atoms with E-state index >= 15 is 0 Å². The SMILES string of the molecule is C1=C/c2cscc2CCOCc2ccccc2COCCc2cscc2/C=C/OCc2ccccc2CO/1. The van der Waals surface area contributed by atoms with Crippen molar-refractivity contribution in [2.75, 3.05) is 13.2 Å². The fraction of sp³-hybridized carbons (Fsp3) is 0.250. The zero-order chi connectivity index (χ0) is 25.8. The Bertz CT molecular complexity index is 1250. The molecule has 196 valence electrons. The third kappa shape index (κ3) is 7.45. The Hall–Kier alpha value is -3.16. The van der Waals surface area contributed by atoms with Gasteiger partial charge < -0.3 is 18.9 Å². The Morgan fingerprint density at radius 1 is 0.474 bits per heavy atom. The van der Waals surface area contributed by atoms with Crippen molar-refractivity contribution >= 4 is 34.8 Å². The van der Waals surface area contributed by atoms with Gasteiger partial charge in [-0.3, -0.25) is 0 Å². The Morgan fingerprint density at radius 3 is 1.34 bits per heavy atom. The fourth-order valence-corrected chi connectivity index (χ4v) is 6.02. The Kier molecular flexibility index (Phi) is 9.83. The lowest BCUT2D eigenvalue weighted by Crippen LogP contribution is -2.04. The molecule has 0 bridgehead atoms. The van der Waals surface area contributed by atoms with E-state index in [2.05, 4.69) is 57.9 Å². The minimum atomic E-state index is 0.496. The van der Waals surface area contributed by atoms with Crippen LogP contribution in [0.3, 0.4) is 0 Å². The van der Waals surface area contributed by atoms with Crippen LogP contribution in [0.1, 0.15) is 44.5 Å². The standard InChI is InChI=1S/C32H32O4S2/c1-2-6-26-18-34-14-10-30-22-38-24-32(30)12-16-36-20-28-8-4-3-7-27(28)19-35-15-11-31-23-37-21-29(31)9-13-33-17-25(26)5-1/h1-10,13-14,21-24H,11-12,15-20H2/b13-9+,14-10+. The van der Waals surface area contributed by atoms with Crippen molar-refractivity contribution < 1.29 is 18.9 Å². The van der Waals surface area contributed by atoms with Crippen molar-refractivity contribution in [3.05, 3.63) is 127 Å². The molecule has 0 N–H and O–H groups in total. The van der Waals surface area contributed by atoms with Gasteiger partial charge in [0.25, 0.3) is 0 Å². The molecule has 5 rings (SSSR count). The van der Waals surface area contributed by atoms with E-state index in [1.54, 1.807) is 35.2 Å². The molecule has 3 heterocycles. The van der Waals surface area contributed by atoms with Gasteiger partial charge in [-0.1, -0.05) is 48.5 Å². The molecule has 0 saturated heterocycles. The van der Waals surface area contributed by atoms with Crippen molar-refractivity contribution in [2.24, 2.45) is 0 Å². The van der Waals surface area contributed by atoms with Gasteiger partial charge in [0.05, 0.1) is 39.0 Å². The van der Waals surface area contributed by atoms with Crippen LogP contribution in [0, 0.1) is 0 Å². The second kappa shape index (κ2) is 14.1. The van der Waals surface area contributed by atoms with Crippen LogP contribution < -0.4 is 0 Å². The van der Waals surface area contributed by atoms with Gasteiger partial charge in [-0.25, -0.2) is 0 Å². The fourth-order valence-electron chi connectivity index (χ4n) is 4.29. The van der Waals surface area contributed by atoms with Gasteiger partial charge in [0.1, 0.15) is 13.2 Å². The number of ether oxygens (including phenoxy) is 4. The molecule has 2 aromatic carbocycles. The number of hydrogen-bond acceptors (Lipinski definition) is 6. The van der Waals surface area contributed by atoms with E-state index in [1.165, 1.54) is 33.4 Å². The molecule has 1 aliphatic rings. The van der Waals surface area contributed by atoms with Crippen LogP contribution in [0.2, 0.25) is 0 Å². The number of hydrogen-bond donors (Lipinski definition) is 0. The molecule has 0 unspecified atom stereocenters. The van der Waals surface area contributed by atoms with Crippen LogP contribution in [0.25, 0.3) is 12.2 Å². The largest absolute Gasteiger partial charge is 0.496 e. The Labute approximate surface area is 232 Å². The van der Waals surface area contributed by atoms with Crippen LogP contribution in [-0.4, -0.2) is 13.2 Å². The van der Waals surface area contributed by atoms with Gasteiger partial charge in [-0.05, 0) is 91.0 Å². The summed E-state index contributed by atoms with van der Waals surface area (Å²) in [6.45, 7) is 3.48. The van der Waals surface area contributed by atoms with Crippen LogP contribution in [0.5, 0.6) is 0 Å². The molecule has 4 aromatic rings. The Balaban J connectivity index is 1.29. The average molecular weight is 545 g/mol. The molecule has 4 nitrogen and oxygen atoms in total. The zero-order valence-electron chi connectivity index (χ0n) is 21.3. The minimum Gasteiger partial charge on any atom is -0.496 e. The highest BCUT2D eigenvalue weighted by Crippen LogP contribution is 2.21. The quantitative estimate of drug-likeness (QED) is 0.225. The van der Waals surface area contributed by atoms with Gasteiger partial charge in [0, 0.05) is 0 Å². The Morgan fingerprint density at radius 2 is 0.895 bits per heavy atom. The van der Waals surface area contributed by atoms with E-state index in [-0.39, 0.29) is 0 Å². The normalized spacial score (nSPS) is 17.3. The van der Waals surface area contributed by atoms with Gasteiger partial charge in [-0.15, -0.1) is 0 Å². The molecule has 0 saturated carbocycles. The number of thiophene rings is 2. The highest BCUT2D eigenvalue weighted by Gasteiger charge is 2.07. The average Bonchev–Trinajstić information content (AvgIpc) is 3.59. The maximum atomic E-state index is 6.08. The summed E-state index contributed by atoms with van der Waals surface area (Å²) < 4.78 is 24.0. The molecule has 38 heavy (non-hydrogen) atoms. The molecule has 0 fully saturated rings. The monoisotopic (exact) mass is 544 g/mol. The van der Waals surface area contributed by atoms with Gasteiger partial charge in [0.15, 0.2) is 0 Å². The first-order valence-electron chi connectivity index (χ1n) is 12.8. The molecule has 0 spiro atoms. The maximum absolute atomic E-state index is 6.08.